The van der Waals surface area contributed by atoms with Crippen LogP contribution in [0.25, 0.3) is 0 Å². The van der Waals surface area contributed by atoms with Crippen molar-refractivity contribution in [3.63, 3.8) is 0 Å². The number of carbonyl (C=O) groups is 2. The van der Waals surface area contributed by atoms with Gasteiger partial charge in [-0.05, 0) is 73.5 Å². The van der Waals surface area contributed by atoms with Crippen molar-refractivity contribution in [2.75, 3.05) is 17.1 Å². The molecule has 230 valence electrons. The summed E-state index contributed by atoms with van der Waals surface area (Å²) >= 11 is 3.44. The van der Waals surface area contributed by atoms with Gasteiger partial charge in [0, 0.05) is 23.5 Å². The lowest BCUT2D eigenvalue weighted by Gasteiger charge is -2.34. The van der Waals surface area contributed by atoms with E-state index in [9.17, 15) is 18.0 Å². The fourth-order valence-corrected chi connectivity index (χ4v) is 5.75. The van der Waals surface area contributed by atoms with E-state index >= 15 is 0 Å². The number of hydrogen-bond acceptors (Lipinski definition) is 5. The predicted octanol–water partition coefficient (Wildman–Crippen LogP) is 6.17. The number of para-hydroxylation sites is 1. The Labute approximate surface area is 267 Å². The zero-order valence-electron chi connectivity index (χ0n) is 24.9. The van der Waals surface area contributed by atoms with E-state index in [0.29, 0.717) is 17.2 Å². The van der Waals surface area contributed by atoms with Crippen molar-refractivity contribution in [3.05, 3.63) is 125 Å². The van der Waals surface area contributed by atoms with Crippen LogP contribution in [0.3, 0.4) is 0 Å². The fourth-order valence-electron chi connectivity index (χ4n) is 4.64. The minimum Gasteiger partial charge on any atom is -0.457 e. The summed E-state index contributed by atoms with van der Waals surface area (Å²) in [5.74, 6) is 0.332. The Hall–Kier alpha value is -4.15. The molecule has 0 bridgehead atoms. The SMILES string of the molecule is CC(C)NC(=O)C(Cc1ccccc1)N(Cc1ccc(Br)cc1)C(=O)CN(c1ccc(Oc2ccccc2)cc1)S(C)(=O)=O. The number of amides is 2. The van der Waals surface area contributed by atoms with Crippen LogP contribution in [0.5, 0.6) is 11.5 Å². The number of nitrogens with zero attached hydrogens (tertiary/aromatic N) is 2. The van der Waals surface area contributed by atoms with Crippen LogP contribution in [-0.2, 0) is 32.6 Å². The molecule has 0 aromatic heterocycles. The van der Waals surface area contributed by atoms with Crippen molar-refractivity contribution >= 4 is 43.5 Å². The molecule has 4 rings (SSSR count). The van der Waals surface area contributed by atoms with E-state index in [4.69, 9.17) is 4.74 Å². The number of nitrogens with one attached hydrogen (secondary N) is 1. The van der Waals surface area contributed by atoms with E-state index in [0.717, 1.165) is 26.2 Å². The van der Waals surface area contributed by atoms with E-state index in [1.54, 1.807) is 24.3 Å². The van der Waals surface area contributed by atoms with Crippen molar-refractivity contribution < 1.29 is 22.7 Å². The number of anilines is 1. The number of carbonyl (C=O) groups excluding carboxylic acids is 2. The summed E-state index contributed by atoms with van der Waals surface area (Å²) in [6.45, 7) is 3.33. The van der Waals surface area contributed by atoms with Crippen LogP contribution in [0.15, 0.2) is 114 Å². The third-order valence-electron chi connectivity index (χ3n) is 6.75. The number of rotatable bonds is 13. The zero-order valence-corrected chi connectivity index (χ0v) is 27.3. The molecule has 0 aliphatic heterocycles. The van der Waals surface area contributed by atoms with Crippen molar-refractivity contribution in [1.29, 1.82) is 0 Å². The Morgan fingerprint density at radius 2 is 1.36 bits per heavy atom. The Kier molecular flexibility index (Phi) is 11.2. The molecule has 0 spiro atoms. The third-order valence-corrected chi connectivity index (χ3v) is 8.42. The van der Waals surface area contributed by atoms with Crippen molar-refractivity contribution in [3.8, 4) is 11.5 Å². The summed E-state index contributed by atoms with van der Waals surface area (Å²) in [5, 5.41) is 2.95. The van der Waals surface area contributed by atoms with Crippen LogP contribution >= 0.6 is 15.9 Å². The van der Waals surface area contributed by atoms with Gasteiger partial charge in [0.25, 0.3) is 0 Å². The summed E-state index contributed by atoms with van der Waals surface area (Å²) < 4.78 is 33.9. The molecule has 0 aliphatic carbocycles. The van der Waals surface area contributed by atoms with E-state index < -0.39 is 28.5 Å². The zero-order chi connectivity index (χ0) is 31.7. The summed E-state index contributed by atoms with van der Waals surface area (Å²) in [6, 6.07) is 31.6. The number of halogens is 1. The molecule has 0 saturated carbocycles. The van der Waals surface area contributed by atoms with E-state index in [-0.39, 0.29) is 24.9 Å². The number of hydrogen-bond donors (Lipinski definition) is 1. The van der Waals surface area contributed by atoms with E-state index in [1.165, 1.54) is 4.90 Å². The van der Waals surface area contributed by atoms with Gasteiger partial charge in [0.15, 0.2) is 0 Å². The highest BCUT2D eigenvalue weighted by atomic mass is 79.9. The average molecular weight is 679 g/mol. The minimum atomic E-state index is -3.88. The van der Waals surface area contributed by atoms with Gasteiger partial charge in [-0.1, -0.05) is 76.6 Å². The van der Waals surface area contributed by atoms with Crippen LogP contribution in [0.1, 0.15) is 25.0 Å². The van der Waals surface area contributed by atoms with Gasteiger partial charge in [0.05, 0.1) is 11.9 Å². The topological polar surface area (TPSA) is 96.0 Å². The van der Waals surface area contributed by atoms with Gasteiger partial charge in [-0.15, -0.1) is 0 Å². The lowest BCUT2D eigenvalue weighted by molar-refractivity contribution is -0.140. The standard InChI is InChI=1S/C34H36BrN3O5S/c1-25(2)36-34(40)32(22-26-10-6-4-7-11-26)37(23-27-14-16-28(35)17-15-27)33(39)24-38(44(3,41)42)29-18-20-31(21-19-29)43-30-12-8-5-9-13-30/h4-21,25,32H,22-24H2,1-3H3,(H,36,40). The second-order valence-electron chi connectivity index (χ2n) is 10.7. The lowest BCUT2D eigenvalue weighted by Crippen LogP contribution is -2.54. The van der Waals surface area contributed by atoms with Gasteiger partial charge in [-0.2, -0.15) is 0 Å². The molecule has 0 aliphatic rings. The fraction of sp³-hybridized carbons (Fsp3) is 0.235. The highest BCUT2D eigenvalue weighted by Gasteiger charge is 2.33. The lowest BCUT2D eigenvalue weighted by atomic mass is 10.0. The van der Waals surface area contributed by atoms with Crippen molar-refractivity contribution in [2.45, 2.75) is 38.9 Å². The Bertz CT molecular complexity index is 1630. The second-order valence-corrected chi connectivity index (χ2v) is 13.5. The number of sulfonamides is 1. The van der Waals surface area contributed by atoms with Crippen molar-refractivity contribution in [2.24, 2.45) is 0 Å². The molecule has 0 radical (unpaired) electrons. The maximum Gasteiger partial charge on any atom is 0.244 e. The molecule has 44 heavy (non-hydrogen) atoms. The van der Waals surface area contributed by atoms with Gasteiger partial charge in [-0.25, -0.2) is 8.42 Å². The summed E-state index contributed by atoms with van der Waals surface area (Å²) in [4.78, 5) is 29.3. The number of benzene rings is 4. The summed E-state index contributed by atoms with van der Waals surface area (Å²) in [7, 11) is -3.88. The molecule has 8 nitrogen and oxygen atoms in total. The Morgan fingerprint density at radius 3 is 1.93 bits per heavy atom. The number of ether oxygens (including phenoxy) is 1. The molecule has 0 fully saturated rings. The minimum absolute atomic E-state index is 0.108. The maximum absolute atomic E-state index is 14.2. The van der Waals surface area contributed by atoms with Gasteiger partial charge in [0.2, 0.25) is 21.8 Å². The maximum atomic E-state index is 14.2. The van der Waals surface area contributed by atoms with Crippen LogP contribution in [0.4, 0.5) is 5.69 Å². The molecule has 0 heterocycles. The highest BCUT2D eigenvalue weighted by Crippen LogP contribution is 2.26. The quantitative estimate of drug-likeness (QED) is 0.183. The Morgan fingerprint density at radius 1 is 0.795 bits per heavy atom. The van der Waals surface area contributed by atoms with Gasteiger partial charge in [0.1, 0.15) is 24.1 Å². The first kappa shape index (κ1) is 32.8. The average Bonchev–Trinajstić information content (AvgIpc) is 2.99. The van der Waals surface area contributed by atoms with Crippen LogP contribution < -0.4 is 14.4 Å². The van der Waals surface area contributed by atoms with Crippen LogP contribution in [0, 0.1) is 0 Å². The highest BCUT2D eigenvalue weighted by molar-refractivity contribution is 9.10. The molecule has 1 unspecified atom stereocenters. The van der Waals surface area contributed by atoms with Crippen LogP contribution in [-0.4, -0.2) is 50.0 Å². The normalized spacial score (nSPS) is 11.9. The summed E-state index contributed by atoms with van der Waals surface area (Å²) in [6.07, 6.45) is 1.31. The molecular weight excluding hydrogens is 642 g/mol. The first-order valence-electron chi connectivity index (χ1n) is 14.2. The molecule has 1 N–H and O–H groups in total. The largest absolute Gasteiger partial charge is 0.457 e. The van der Waals surface area contributed by atoms with E-state index in [2.05, 4.69) is 21.2 Å². The van der Waals surface area contributed by atoms with Gasteiger partial charge >= 0.3 is 0 Å². The molecule has 4 aromatic carbocycles. The molecule has 2 amide bonds. The monoisotopic (exact) mass is 677 g/mol. The third kappa shape index (κ3) is 9.42. The summed E-state index contributed by atoms with van der Waals surface area (Å²) in [5.41, 5.74) is 1.97. The predicted molar refractivity (Wildman–Crippen MR) is 177 cm³/mol. The second kappa shape index (κ2) is 15.0. The smallest absolute Gasteiger partial charge is 0.244 e. The van der Waals surface area contributed by atoms with Gasteiger partial charge in [-0.3, -0.25) is 13.9 Å². The van der Waals surface area contributed by atoms with Crippen LogP contribution in [0.2, 0.25) is 0 Å². The van der Waals surface area contributed by atoms with E-state index in [1.807, 2.05) is 98.8 Å². The first-order chi connectivity index (χ1) is 21.0. The molecule has 4 aromatic rings. The molecule has 1 atom stereocenters. The van der Waals surface area contributed by atoms with Crippen molar-refractivity contribution in [1.82, 2.24) is 10.2 Å². The Balaban J connectivity index is 1.67. The first-order valence-corrected chi connectivity index (χ1v) is 16.8. The molecule has 0 saturated heterocycles. The molecular formula is C34H36BrN3O5S. The van der Waals surface area contributed by atoms with Gasteiger partial charge < -0.3 is 15.0 Å². The molecule has 10 heteroatoms.